The van der Waals surface area contributed by atoms with Crippen LogP contribution < -0.4 is 14.9 Å². The molecule has 1 aliphatic rings. The first kappa shape index (κ1) is 21.6. The Balaban J connectivity index is 1.99. The fourth-order valence-electron chi connectivity index (χ4n) is 3.57. The summed E-state index contributed by atoms with van der Waals surface area (Å²) in [6.45, 7) is 1.92. The van der Waals surface area contributed by atoms with E-state index in [1.807, 2.05) is 37.3 Å². The lowest BCUT2D eigenvalue weighted by Gasteiger charge is -2.25. The third kappa shape index (κ3) is 3.99. The fourth-order valence-corrected chi connectivity index (χ4v) is 4.89. The number of carbonyl (C=O) groups excluding carboxylic acids is 1. The van der Waals surface area contributed by atoms with E-state index in [1.165, 1.54) is 18.4 Å². The maximum absolute atomic E-state index is 13.5. The van der Waals surface area contributed by atoms with E-state index >= 15 is 0 Å². The number of rotatable bonds is 4. The van der Waals surface area contributed by atoms with Crippen LogP contribution in [0.5, 0.6) is 0 Å². The molecule has 0 bridgehead atoms. The Labute approximate surface area is 192 Å². The number of benzene rings is 2. The summed E-state index contributed by atoms with van der Waals surface area (Å²) in [6, 6.07) is 14.0. The first-order valence-corrected chi connectivity index (χ1v) is 11.1. The van der Waals surface area contributed by atoms with Gasteiger partial charge in [0.1, 0.15) is 0 Å². The Morgan fingerprint density at radius 1 is 1.19 bits per heavy atom. The van der Waals surface area contributed by atoms with Crippen LogP contribution in [0.2, 0.25) is 10.0 Å². The summed E-state index contributed by atoms with van der Waals surface area (Å²) < 4.78 is 7.10. The lowest BCUT2D eigenvalue weighted by molar-refractivity contribution is -0.136. The molecule has 1 aromatic heterocycles. The van der Waals surface area contributed by atoms with Crippen molar-refractivity contribution in [2.24, 2.45) is 4.99 Å². The van der Waals surface area contributed by atoms with Crippen LogP contribution in [0.4, 0.5) is 0 Å². The number of allylic oxidation sites excluding steroid dienone is 1. The van der Waals surface area contributed by atoms with Crippen molar-refractivity contribution in [3.8, 4) is 0 Å². The predicted molar refractivity (Wildman–Crippen MR) is 123 cm³/mol. The van der Waals surface area contributed by atoms with Crippen molar-refractivity contribution in [1.82, 2.24) is 4.57 Å². The summed E-state index contributed by atoms with van der Waals surface area (Å²) in [5.74, 6) is -0.492. The average Bonchev–Trinajstić information content (AvgIpc) is 3.09. The van der Waals surface area contributed by atoms with Crippen molar-refractivity contribution in [1.29, 1.82) is 0 Å². The number of halogens is 2. The second kappa shape index (κ2) is 8.83. The van der Waals surface area contributed by atoms with Gasteiger partial charge in [0, 0.05) is 0 Å². The highest BCUT2D eigenvalue weighted by atomic mass is 35.5. The van der Waals surface area contributed by atoms with Gasteiger partial charge in [0.25, 0.3) is 5.56 Å². The van der Waals surface area contributed by atoms with E-state index in [4.69, 9.17) is 27.9 Å². The summed E-state index contributed by atoms with van der Waals surface area (Å²) >= 11 is 13.4. The number of fused-ring (bicyclic) bond motifs is 1. The maximum Gasteiger partial charge on any atom is 0.338 e. The molecule has 1 aliphatic heterocycles. The Morgan fingerprint density at radius 3 is 2.58 bits per heavy atom. The number of hydrogen-bond acceptors (Lipinski definition) is 5. The minimum Gasteiger partial charge on any atom is -0.466 e. The number of ether oxygens (including phenoxy) is 1. The van der Waals surface area contributed by atoms with Crippen molar-refractivity contribution in [3.05, 3.63) is 101 Å². The van der Waals surface area contributed by atoms with Crippen LogP contribution in [0, 0.1) is 0 Å². The van der Waals surface area contributed by atoms with Crippen LogP contribution in [-0.2, 0) is 9.53 Å². The molecule has 0 radical (unpaired) electrons. The fraction of sp³-hybridized carbons (Fsp3) is 0.174. The average molecular weight is 473 g/mol. The molecule has 31 heavy (non-hydrogen) atoms. The lowest BCUT2D eigenvalue weighted by Crippen LogP contribution is -2.40. The molecular weight excluding hydrogens is 455 g/mol. The van der Waals surface area contributed by atoms with Gasteiger partial charge in [-0.2, -0.15) is 0 Å². The van der Waals surface area contributed by atoms with Gasteiger partial charge in [-0.05, 0) is 35.8 Å². The Bertz CT molecular complexity index is 1370. The molecule has 0 unspecified atom stereocenters. The summed E-state index contributed by atoms with van der Waals surface area (Å²) in [5.41, 5.74) is 2.32. The molecule has 8 heteroatoms. The number of nitrogens with zero attached hydrogens (tertiary/aromatic N) is 2. The van der Waals surface area contributed by atoms with Crippen molar-refractivity contribution in [2.45, 2.75) is 19.4 Å². The number of esters is 1. The topological polar surface area (TPSA) is 60.7 Å². The van der Waals surface area contributed by atoms with E-state index in [0.29, 0.717) is 37.1 Å². The van der Waals surface area contributed by atoms with Gasteiger partial charge in [0.15, 0.2) is 4.80 Å². The lowest BCUT2D eigenvalue weighted by atomic mass is 9.95. The second-order valence-corrected chi connectivity index (χ2v) is 8.70. The van der Waals surface area contributed by atoms with Crippen molar-refractivity contribution < 1.29 is 9.53 Å². The van der Waals surface area contributed by atoms with Gasteiger partial charge in [-0.25, -0.2) is 9.79 Å². The van der Waals surface area contributed by atoms with E-state index in [9.17, 15) is 9.59 Å². The van der Waals surface area contributed by atoms with E-state index in [2.05, 4.69) is 4.99 Å². The second-order valence-electron chi connectivity index (χ2n) is 6.87. The van der Waals surface area contributed by atoms with E-state index in [0.717, 1.165) is 11.1 Å². The number of hydrogen-bond donors (Lipinski definition) is 0. The van der Waals surface area contributed by atoms with Gasteiger partial charge in [0.2, 0.25) is 0 Å². The summed E-state index contributed by atoms with van der Waals surface area (Å²) in [7, 11) is 1.33. The third-order valence-corrected chi connectivity index (χ3v) is 6.73. The molecule has 0 spiro atoms. The zero-order valence-electron chi connectivity index (χ0n) is 16.8. The standard InChI is InChI=1S/C23H18Cl2N2O3S/c1-3-17-19(22(29)30-2)20(14-7-5-4-6-8-14)27-21(28)18(31-23(27)26-17)12-13-9-10-15(24)16(25)11-13/h4-12,20H,3H2,1-2H3/b18-12-/t20-/m1/s1. The van der Waals surface area contributed by atoms with Gasteiger partial charge >= 0.3 is 5.97 Å². The van der Waals surface area contributed by atoms with E-state index in [1.54, 1.807) is 28.8 Å². The molecule has 158 valence electrons. The van der Waals surface area contributed by atoms with Gasteiger partial charge in [-0.15, -0.1) is 0 Å². The van der Waals surface area contributed by atoms with Gasteiger partial charge in [0.05, 0.1) is 39.0 Å². The molecule has 0 fully saturated rings. The van der Waals surface area contributed by atoms with Crippen molar-refractivity contribution >= 4 is 46.6 Å². The maximum atomic E-state index is 13.5. The van der Waals surface area contributed by atoms with Crippen LogP contribution in [0.3, 0.4) is 0 Å². The van der Waals surface area contributed by atoms with Crippen LogP contribution in [0.25, 0.3) is 6.08 Å². The smallest absolute Gasteiger partial charge is 0.338 e. The monoisotopic (exact) mass is 472 g/mol. The number of aromatic nitrogens is 1. The quantitative estimate of drug-likeness (QED) is 0.536. The van der Waals surface area contributed by atoms with E-state index < -0.39 is 12.0 Å². The molecule has 0 saturated heterocycles. The molecule has 0 saturated carbocycles. The highest BCUT2D eigenvalue weighted by Gasteiger charge is 2.33. The molecule has 2 heterocycles. The largest absolute Gasteiger partial charge is 0.466 e. The highest BCUT2D eigenvalue weighted by Crippen LogP contribution is 2.31. The van der Waals surface area contributed by atoms with Gasteiger partial charge in [-0.1, -0.05) is 77.9 Å². The van der Waals surface area contributed by atoms with Crippen LogP contribution in [0.15, 0.2) is 69.6 Å². The Morgan fingerprint density at radius 2 is 1.94 bits per heavy atom. The molecule has 5 nitrogen and oxygen atoms in total. The van der Waals surface area contributed by atoms with Gasteiger partial charge < -0.3 is 4.74 Å². The minimum absolute atomic E-state index is 0.236. The zero-order chi connectivity index (χ0) is 22.1. The number of thiazole rings is 1. The predicted octanol–water partition coefficient (Wildman–Crippen LogP) is 4.11. The normalized spacial score (nSPS) is 16.1. The first-order valence-electron chi connectivity index (χ1n) is 9.57. The molecule has 0 amide bonds. The van der Waals surface area contributed by atoms with E-state index in [-0.39, 0.29) is 5.56 Å². The molecular formula is C23H18Cl2N2O3S. The summed E-state index contributed by atoms with van der Waals surface area (Å²) in [4.78, 5) is 31.3. The van der Waals surface area contributed by atoms with Crippen LogP contribution in [-0.4, -0.2) is 17.6 Å². The summed E-state index contributed by atoms with van der Waals surface area (Å²) in [5, 5.41) is 0.853. The minimum atomic E-state index is -0.615. The molecule has 3 aromatic rings. The van der Waals surface area contributed by atoms with Crippen LogP contribution in [0.1, 0.15) is 30.5 Å². The molecule has 1 atom stereocenters. The van der Waals surface area contributed by atoms with Crippen LogP contribution >= 0.6 is 34.5 Å². The van der Waals surface area contributed by atoms with Gasteiger partial charge in [-0.3, -0.25) is 9.36 Å². The zero-order valence-corrected chi connectivity index (χ0v) is 19.1. The Hall–Kier alpha value is -2.67. The highest BCUT2D eigenvalue weighted by molar-refractivity contribution is 7.07. The molecule has 4 rings (SSSR count). The third-order valence-electron chi connectivity index (χ3n) is 5.01. The molecule has 0 N–H and O–H groups in total. The van der Waals surface area contributed by atoms with Crippen molar-refractivity contribution in [3.63, 3.8) is 0 Å². The number of methoxy groups -OCH3 is 1. The number of carbonyl (C=O) groups is 1. The summed E-state index contributed by atoms with van der Waals surface area (Å²) in [6.07, 6.45) is 2.28. The first-order chi connectivity index (χ1) is 14.9. The van der Waals surface area contributed by atoms with Crippen molar-refractivity contribution in [2.75, 3.05) is 7.11 Å². The Kier molecular flexibility index (Phi) is 6.14. The molecule has 2 aromatic carbocycles. The molecule has 0 aliphatic carbocycles. The SMILES string of the molecule is CCC1=C(C(=O)OC)[C@@H](c2ccccc2)n2c(s/c(=C\c3ccc(Cl)c(Cl)c3)c2=O)=N1.